The number of aliphatic carboxylic acids is 1. The van der Waals surface area contributed by atoms with Crippen LogP contribution in [-0.2, 0) is 18.8 Å². The van der Waals surface area contributed by atoms with Crippen molar-refractivity contribution < 1.29 is 28.7 Å². The fourth-order valence-corrected chi connectivity index (χ4v) is 8.67. The first-order chi connectivity index (χ1) is 17.5. The molecule has 0 spiro atoms. The van der Waals surface area contributed by atoms with Crippen molar-refractivity contribution in [2.24, 2.45) is 0 Å². The third kappa shape index (κ3) is 8.29. The second-order valence-electron chi connectivity index (χ2n) is 9.90. The molecule has 0 fully saturated rings. The molecule has 1 atom stereocenters. The number of ether oxygens (including phenoxy) is 1. The van der Waals surface area contributed by atoms with Crippen LogP contribution in [0.1, 0.15) is 33.6 Å². The van der Waals surface area contributed by atoms with Gasteiger partial charge in [-0.2, -0.15) is 0 Å². The molecule has 0 aliphatic heterocycles. The smallest absolute Gasteiger partial charge is 0.407 e. The third-order valence-electron chi connectivity index (χ3n) is 5.97. The van der Waals surface area contributed by atoms with Gasteiger partial charge in [-0.3, -0.25) is 4.79 Å². The van der Waals surface area contributed by atoms with Crippen molar-refractivity contribution in [1.29, 1.82) is 0 Å². The molecule has 2 aromatic carbocycles. The molecule has 8 nitrogen and oxygen atoms in total. The Labute approximate surface area is 220 Å². The topological polar surface area (TPSA) is 105 Å². The zero-order chi connectivity index (χ0) is 27.5. The number of amides is 2. The Morgan fingerprint density at radius 3 is 1.97 bits per heavy atom. The van der Waals surface area contributed by atoms with Gasteiger partial charge in [-0.1, -0.05) is 87.5 Å². The number of alkyl carbamates (subject to hydrolysis) is 1. The standard InChI is InChI=1S/C28H38N2O6Si/c1-28(2,3)37(22-14-8-6-9-15-22,23-16-10-7-11-17-23)36-21-20-35-27(34)29-24(26(32)33)18-12-13-19-25(31)30(4)5/h6-11,13-17,19,24H,12,18,20-21H2,1-5H3,(H,29,34)(H,32,33)/b19-13+. The minimum Gasteiger partial charge on any atom is -0.480 e. The number of nitrogens with zero attached hydrogens (tertiary/aromatic N) is 1. The summed E-state index contributed by atoms with van der Waals surface area (Å²) >= 11 is 0. The largest absolute Gasteiger partial charge is 0.480 e. The number of likely N-dealkylation sites (N-methyl/N-ethyl adjacent to an activating group) is 1. The number of hydrogen-bond donors (Lipinski definition) is 2. The summed E-state index contributed by atoms with van der Waals surface area (Å²) in [6, 6.07) is 19.1. The van der Waals surface area contributed by atoms with Gasteiger partial charge in [0.1, 0.15) is 12.6 Å². The molecular formula is C28H38N2O6Si. The van der Waals surface area contributed by atoms with Crippen LogP contribution in [0.15, 0.2) is 72.8 Å². The number of hydrogen-bond acceptors (Lipinski definition) is 5. The van der Waals surface area contributed by atoms with Gasteiger partial charge in [0.15, 0.2) is 0 Å². The second kappa shape index (κ2) is 13.8. The van der Waals surface area contributed by atoms with Gasteiger partial charge in [0.2, 0.25) is 5.91 Å². The first-order valence-corrected chi connectivity index (χ1v) is 14.2. The summed E-state index contributed by atoms with van der Waals surface area (Å²) in [7, 11) is 0.498. The van der Waals surface area contributed by atoms with Crippen LogP contribution in [0.5, 0.6) is 0 Å². The van der Waals surface area contributed by atoms with Crippen molar-refractivity contribution in [2.45, 2.75) is 44.7 Å². The number of carbonyl (C=O) groups excluding carboxylic acids is 2. The van der Waals surface area contributed by atoms with E-state index in [1.165, 1.54) is 11.0 Å². The molecule has 0 heterocycles. The summed E-state index contributed by atoms with van der Waals surface area (Å²) in [6.45, 7) is 6.61. The van der Waals surface area contributed by atoms with Gasteiger partial charge in [0.25, 0.3) is 8.32 Å². The van der Waals surface area contributed by atoms with Gasteiger partial charge in [-0.05, 0) is 34.3 Å². The van der Waals surface area contributed by atoms with E-state index in [1.54, 1.807) is 20.2 Å². The Hall–Kier alpha value is -3.43. The Balaban J connectivity index is 2.03. The monoisotopic (exact) mass is 526 g/mol. The lowest BCUT2D eigenvalue weighted by Crippen LogP contribution is -2.66. The maximum Gasteiger partial charge on any atom is 0.407 e. The van der Waals surface area contributed by atoms with Crippen LogP contribution in [0, 0.1) is 0 Å². The number of carbonyl (C=O) groups is 3. The maximum absolute atomic E-state index is 12.3. The minimum absolute atomic E-state index is 0.0279. The average Bonchev–Trinajstić information content (AvgIpc) is 2.85. The third-order valence-corrected chi connectivity index (χ3v) is 11.0. The van der Waals surface area contributed by atoms with Crippen LogP contribution in [0.4, 0.5) is 4.79 Å². The average molecular weight is 527 g/mol. The SMILES string of the molecule is CN(C)C(=O)/C=C/CCC(NC(=O)OCCO[Si](c1ccccc1)(c1ccccc1)C(C)(C)C)C(=O)O. The van der Waals surface area contributed by atoms with Crippen molar-refractivity contribution in [3.05, 3.63) is 72.8 Å². The molecule has 0 aromatic heterocycles. The molecule has 0 aliphatic rings. The van der Waals surface area contributed by atoms with Gasteiger partial charge < -0.3 is 24.5 Å². The second-order valence-corrected chi connectivity index (χ2v) is 14.2. The summed E-state index contributed by atoms with van der Waals surface area (Å²) in [6.07, 6.45) is 2.57. The number of carboxylic acids is 1. The molecule has 200 valence electrons. The molecule has 2 N–H and O–H groups in total. The van der Waals surface area contributed by atoms with E-state index in [4.69, 9.17) is 9.16 Å². The van der Waals surface area contributed by atoms with Crippen LogP contribution in [0.2, 0.25) is 5.04 Å². The molecule has 0 saturated carbocycles. The van der Waals surface area contributed by atoms with E-state index < -0.39 is 26.4 Å². The van der Waals surface area contributed by atoms with E-state index in [0.717, 1.165) is 10.4 Å². The van der Waals surface area contributed by atoms with Gasteiger partial charge in [0, 0.05) is 14.1 Å². The first kappa shape index (κ1) is 29.8. The van der Waals surface area contributed by atoms with E-state index in [2.05, 4.69) is 50.4 Å². The molecule has 0 aliphatic carbocycles. The Bertz CT molecular complexity index is 1010. The highest BCUT2D eigenvalue weighted by molar-refractivity contribution is 6.99. The highest BCUT2D eigenvalue weighted by atomic mass is 28.4. The number of nitrogens with one attached hydrogen (secondary N) is 1. The van der Waals surface area contributed by atoms with Crippen LogP contribution < -0.4 is 15.7 Å². The van der Waals surface area contributed by atoms with Crippen molar-refractivity contribution in [3.63, 3.8) is 0 Å². The Morgan fingerprint density at radius 2 is 1.51 bits per heavy atom. The van der Waals surface area contributed by atoms with Crippen LogP contribution in [0.25, 0.3) is 0 Å². The zero-order valence-corrected chi connectivity index (χ0v) is 23.3. The molecule has 2 amide bonds. The normalized spacial score (nSPS) is 12.7. The summed E-state index contributed by atoms with van der Waals surface area (Å²) in [5.41, 5.74) is 0. The molecule has 2 aromatic rings. The fraction of sp³-hybridized carbons (Fsp3) is 0.393. The van der Waals surface area contributed by atoms with E-state index in [1.807, 2.05) is 36.4 Å². The Morgan fingerprint density at radius 1 is 0.973 bits per heavy atom. The van der Waals surface area contributed by atoms with Gasteiger partial charge in [-0.25, -0.2) is 9.59 Å². The molecule has 2 rings (SSSR count). The van der Waals surface area contributed by atoms with E-state index in [9.17, 15) is 19.5 Å². The predicted octanol–water partition coefficient (Wildman–Crippen LogP) is 3.17. The lowest BCUT2D eigenvalue weighted by Gasteiger charge is -2.43. The molecule has 0 radical (unpaired) electrons. The first-order valence-electron chi connectivity index (χ1n) is 12.3. The lowest BCUT2D eigenvalue weighted by atomic mass is 10.1. The summed E-state index contributed by atoms with van der Waals surface area (Å²) < 4.78 is 11.9. The fourth-order valence-electron chi connectivity index (χ4n) is 4.13. The Kier molecular flexibility index (Phi) is 11.1. The van der Waals surface area contributed by atoms with E-state index in [-0.39, 0.29) is 30.6 Å². The molecule has 0 saturated heterocycles. The molecule has 0 bridgehead atoms. The summed E-state index contributed by atoms with van der Waals surface area (Å²) in [5, 5.41) is 13.9. The predicted molar refractivity (Wildman–Crippen MR) is 147 cm³/mol. The van der Waals surface area contributed by atoms with Crippen molar-refractivity contribution in [3.8, 4) is 0 Å². The summed E-state index contributed by atoms with van der Waals surface area (Å²) in [4.78, 5) is 36.9. The van der Waals surface area contributed by atoms with Gasteiger partial charge in [0.05, 0.1) is 6.61 Å². The highest BCUT2D eigenvalue weighted by Crippen LogP contribution is 2.36. The lowest BCUT2D eigenvalue weighted by molar-refractivity contribution is -0.139. The van der Waals surface area contributed by atoms with Gasteiger partial charge in [-0.15, -0.1) is 0 Å². The number of rotatable bonds is 12. The minimum atomic E-state index is -2.75. The number of carboxylic acid groups (broad SMARTS) is 1. The highest BCUT2D eigenvalue weighted by Gasteiger charge is 2.50. The molecular weight excluding hydrogens is 488 g/mol. The van der Waals surface area contributed by atoms with E-state index in [0.29, 0.717) is 6.42 Å². The van der Waals surface area contributed by atoms with Crippen molar-refractivity contribution in [1.82, 2.24) is 10.2 Å². The van der Waals surface area contributed by atoms with E-state index >= 15 is 0 Å². The van der Waals surface area contributed by atoms with Crippen LogP contribution >= 0.6 is 0 Å². The summed E-state index contributed by atoms with van der Waals surface area (Å²) in [5.74, 6) is -1.37. The van der Waals surface area contributed by atoms with Crippen molar-refractivity contribution >= 4 is 36.7 Å². The number of allylic oxidation sites excluding steroid dienone is 1. The number of benzene rings is 2. The van der Waals surface area contributed by atoms with Crippen LogP contribution in [0.3, 0.4) is 0 Å². The maximum atomic E-state index is 12.3. The quantitative estimate of drug-likeness (QED) is 0.250. The molecule has 9 heteroatoms. The van der Waals surface area contributed by atoms with Crippen LogP contribution in [-0.4, -0.2) is 69.6 Å². The molecule has 37 heavy (non-hydrogen) atoms. The molecule has 1 unspecified atom stereocenters. The van der Waals surface area contributed by atoms with Crippen molar-refractivity contribution in [2.75, 3.05) is 27.3 Å². The van der Waals surface area contributed by atoms with Gasteiger partial charge >= 0.3 is 12.1 Å². The zero-order valence-electron chi connectivity index (χ0n) is 22.3.